The summed E-state index contributed by atoms with van der Waals surface area (Å²) in [6, 6.07) is 16.3. The summed E-state index contributed by atoms with van der Waals surface area (Å²) in [6.07, 6.45) is 2.15. The first-order valence-corrected chi connectivity index (χ1v) is 9.44. The summed E-state index contributed by atoms with van der Waals surface area (Å²) in [5.41, 5.74) is 3.65. The Morgan fingerprint density at radius 1 is 1.04 bits per heavy atom. The molecule has 0 saturated carbocycles. The second kappa shape index (κ2) is 9.78. The van der Waals surface area contributed by atoms with Gasteiger partial charge < -0.3 is 4.84 Å². The van der Waals surface area contributed by atoms with Crippen molar-refractivity contribution in [3.8, 4) is 0 Å². The molecule has 1 aromatic heterocycles. The second-order valence-corrected chi connectivity index (χ2v) is 6.74. The standard InChI is InChI=1S/C20H19FN4OS/c1-15-19(11-12-22-26-13-16-7-9-18(21)10-8-16)23-20(25-24-15)27-14-17-5-3-2-4-6-17/h2-10,12H,11,13-14H2,1H3. The van der Waals surface area contributed by atoms with Gasteiger partial charge >= 0.3 is 0 Å². The third-order valence-electron chi connectivity index (χ3n) is 3.72. The van der Waals surface area contributed by atoms with Crippen molar-refractivity contribution >= 4 is 18.0 Å². The van der Waals surface area contributed by atoms with Crippen molar-refractivity contribution in [3.05, 3.63) is 82.9 Å². The van der Waals surface area contributed by atoms with E-state index in [1.807, 2.05) is 25.1 Å². The predicted molar refractivity (Wildman–Crippen MR) is 104 cm³/mol. The molecule has 3 rings (SSSR count). The van der Waals surface area contributed by atoms with Crippen molar-refractivity contribution in [2.75, 3.05) is 0 Å². The van der Waals surface area contributed by atoms with E-state index in [4.69, 9.17) is 4.84 Å². The van der Waals surface area contributed by atoms with Gasteiger partial charge in [-0.2, -0.15) is 5.10 Å². The van der Waals surface area contributed by atoms with Gasteiger partial charge in [0.15, 0.2) is 0 Å². The lowest BCUT2D eigenvalue weighted by atomic mass is 10.2. The minimum absolute atomic E-state index is 0.269. The van der Waals surface area contributed by atoms with Crippen molar-refractivity contribution in [1.29, 1.82) is 0 Å². The topological polar surface area (TPSA) is 60.3 Å². The SMILES string of the molecule is Cc1nnc(SCc2ccccc2)nc1CC=NOCc1ccc(F)cc1. The molecule has 27 heavy (non-hydrogen) atoms. The lowest BCUT2D eigenvalue weighted by molar-refractivity contribution is 0.131. The molecular formula is C20H19FN4OS. The lowest BCUT2D eigenvalue weighted by Crippen LogP contribution is -2.03. The van der Waals surface area contributed by atoms with Crippen LogP contribution in [0, 0.1) is 12.7 Å². The van der Waals surface area contributed by atoms with Crippen LogP contribution in [0.2, 0.25) is 0 Å². The van der Waals surface area contributed by atoms with Gasteiger partial charge in [0.05, 0.1) is 11.4 Å². The molecule has 0 amide bonds. The molecule has 0 aliphatic heterocycles. The Balaban J connectivity index is 1.50. The Morgan fingerprint density at radius 3 is 2.59 bits per heavy atom. The Bertz CT molecular complexity index is 888. The first-order chi connectivity index (χ1) is 13.2. The maximum Gasteiger partial charge on any atom is 0.209 e. The first-order valence-electron chi connectivity index (χ1n) is 8.46. The molecule has 0 fully saturated rings. The Kier molecular flexibility index (Phi) is 6.87. The van der Waals surface area contributed by atoms with E-state index in [1.54, 1.807) is 30.1 Å². The van der Waals surface area contributed by atoms with E-state index in [9.17, 15) is 4.39 Å². The molecule has 0 aliphatic carbocycles. The van der Waals surface area contributed by atoms with Crippen LogP contribution in [-0.4, -0.2) is 21.4 Å². The molecule has 0 saturated heterocycles. The van der Waals surface area contributed by atoms with E-state index in [1.165, 1.54) is 17.7 Å². The fourth-order valence-electron chi connectivity index (χ4n) is 2.24. The molecule has 7 heteroatoms. The highest BCUT2D eigenvalue weighted by Gasteiger charge is 2.06. The van der Waals surface area contributed by atoms with Crippen molar-refractivity contribution < 1.29 is 9.23 Å². The maximum absolute atomic E-state index is 12.8. The van der Waals surface area contributed by atoms with E-state index >= 15 is 0 Å². The molecule has 0 bridgehead atoms. The third kappa shape index (κ3) is 6.14. The first kappa shape index (κ1) is 19.0. The van der Waals surface area contributed by atoms with Crippen LogP contribution in [0.15, 0.2) is 64.9 Å². The molecule has 0 atom stereocenters. The quantitative estimate of drug-likeness (QED) is 0.329. The van der Waals surface area contributed by atoms with Crippen LogP contribution in [0.3, 0.4) is 0 Å². The van der Waals surface area contributed by atoms with Crippen LogP contribution in [0.5, 0.6) is 0 Å². The fraction of sp³-hybridized carbons (Fsp3) is 0.200. The number of oxime groups is 1. The summed E-state index contributed by atoms with van der Waals surface area (Å²) in [5, 5.41) is 12.9. The molecule has 3 aromatic rings. The summed E-state index contributed by atoms with van der Waals surface area (Å²) in [6.45, 7) is 2.16. The fourth-order valence-corrected chi connectivity index (χ4v) is 3.00. The van der Waals surface area contributed by atoms with Gasteiger partial charge in [0.2, 0.25) is 5.16 Å². The summed E-state index contributed by atoms with van der Waals surface area (Å²) in [7, 11) is 0. The van der Waals surface area contributed by atoms with Gasteiger partial charge in [-0.25, -0.2) is 9.37 Å². The number of halogens is 1. The molecule has 1 heterocycles. The van der Waals surface area contributed by atoms with Gasteiger partial charge in [0.25, 0.3) is 0 Å². The predicted octanol–water partition coefficient (Wildman–Crippen LogP) is 4.36. The van der Waals surface area contributed by atoms with E-state index in [0.717, 1.165) is 22.7 Å². The molecule has 0 unspecified atom stereocenters. The monoisotopic (exact) mass is 382 g/mol. The van der Waals surface area contributed by atoms with E-state index < -0.39 is 0 Å². The molecule has 5 nitrogen and oxygen atoms in total. The largest absolute Gasteiger partial charge is 0.391 e. The van der Waals surface area contributed by atoms with Gasteiger partial charge in [0.1, 0.15) is 12.4 Å². The number of benzene rings is 2. The zero-order chi connectivity index (χ0) is 18.9. The minimum Gasteiger partial charge on any atom is -0.391 e. The second-order valence-electron chi connectivity index (χ2n) is 5.79. The molecule has 0 N–H and O–H groups in total. The van der Waals surface area contributed by atoms with Gasteiger partial charge in [-0.3, -0.25) is 0 Å². The highest BCUT2D eigenvalue weighted by atomic mass is 32.2. The Hall–Kier alpha value is -2.80. The van der Waals surface area contributed by atoms with Crippen molar-refractivity contribution in [3.63, 3.8) is 0 Å². The Labute approximate surface area is 161 Å². The van der Waals surface area contributed by atoms with Crippen LogP contribution in [0.25, 0.3) is 0 Å². The van der Waals surface area contributed by atoms with Crippen molar-refractivity contribution in [1.82, 2.24) is 15.2 Å². The average Bonchev–Trinajstić information content (AvgIpc) is 2.70. The lowest BCUT2D eigenvalue weighted by Gasteiger charge is -2.04. The third-order valence-corrected chi connectivity index (χ3v) is 4.63. The Morgan fingerprint density at radius 2 is 1.81 bits per heavy atom. The van der Waals surface area contributed by atoms with Crippen LogP contribution in [-0.2, 0) is 23.6 Å². The molecular weight excluding hydrogens is 363 g/mol. The number of hydrogen-bond donors (Lipinski definition) is 0. The number of thioether (sulfide) groups is 1. The highest BCUT2D eigenvalue weighted by molar-refractivity contribution is 7.98. The molecule has 2 aromatic carbocycles. The zero-order valence-corrected chi connectivity index (χ0v) is 15.7. The minimum atomic E-state index is -0.269. The van der Waals surface area contributed by atoms with E-state index in [2.05, 4.69) is 32.5 Å². The van der Waals surface area contributed by atoms with Gasteiger partial charge in [-0.1, -0.05) is 59.4 Å². The van der Waals surface area contributed by atoms with Crippen LogP contribution < -0.4 is 0 Å². The van der Waals surface area contributed by atoms with E-state index in [0.29, 0.717) is 11.6 Å². The number of aryl methyl sites for hydroxylation is 1. The van der Waals surface area contributed by atoms with E-state index in [-0.39, 0.29) is 12.4 Å². The number of rotatable bonds is 8. The molecule has 0 spiro atoms. The van der Waals surface area contributed by atoms with Gasteiger partial charge in [0, 0.05) is 18.4 Å². The number of aromatic nitrogens is 3. The highest BCUT2D eigenvalue weighted by Crippen LogP contribution is 2.19. The summed E-state index contributed by atoms with van der Waals surface area (Å²) < 4.78 is 12.8. The van der Waals surface area contributed by atoms with Crippen molar-refractivity contribution in [2.24, 2.45) is 5.16 Å². The van der Waals surface area contributed by atoms with Crippen LogP contribution >= 0.6 is 11.8 Å². The number of nitrogens with zero attached hydrogens (tertiary/aromatic N) is 4. The maximum atomic E-state index is 12.8. The van der Waals surface area contributed by atoms with Crippen molar-refractivity contribution in [2.45, 2.75) is 30.9 Å². The summed E-state index contributed by atoms with van der Waals surface area (Å²) >= 11 is 1.55. The molecule has 0 aliphatic rings. The van der Waals surface area contributed by atoms with Gasteiger partial charge in [-0.15, -0.1) is 5.10 Å². The van der Waals surface area contributed by atoms with Crippen LogP contribution in [0.4, 0.5) is 4.39 Å². The van der Waals surface area contributed by atoms with Gasteiger partial charge in [-0.05, 0) is 30.2 Å². The summed E-state index contributed by atoms with van der Waals surface area (Å²) in [5.74, 6) is 0.523. The zero-order valence-electron chi connectivity index (χ0n) is 14.9. The normalized spacial score (nSPS) is 11.0. The molecule has 0 radical (unpaired) electrons. The molecule has 138 valence electrons. The average molecular weight is 382 g/mol. The van der Waals surface area contributed by atoms with Crippen LogP contribution in [0.1, 0.15) is 22.5 Å². The smallest absolute Gasteiger partial charge is 0.209 e. The summed E-state index contributed by atoms with van der Waals surface area (Å²) in [4.78, 5) is 9.79. The number of hydrogen-bond acceptors (Lipinski definition) is 6.